The Bertz CT molecular complexity index is 698. The van der Waals surface area contributed by atoms with Gasteiger partial charge in [-0.15, -0.1) is 10.2 Å². The summed E-state index contributed by atoms with van der Waals surface area (Å²) in [6, 6.07) is 9.98. The van der Waals surface area contributed by atoms with E-state index in [0.29, 0.717) is 0 Å². The lowest BCUT2D eigenvalue weighted by atomic mass is 9.94. The molecule has 0 aliphatic rings. The van der Waals surface area contributed by atoms with Crippen molar-refractivity contribution in [3.05, 3.63) is 46.7 Å². The first-order valence-corrected chi connectivity index (χ1v) is 7.00. The van der Waals surface area contributed by atoms with E-state index >= 15 is 0 Å². The zero-order valence-corrected chi connectivity index (χ0v) is 11.7. The molecule has 0 bridgehead atoms. The van der Waals surface area contributed by atoms with Crippen LogP contribution in [0.25, 0.3) is 4.96 Å². The minimum Gasteiger partial charge on any atom is -0.316 e. The highest BCUT2D eigenvalue weighted by atomic mass is 32.1. The summed E-state index contributed by atoms with van der Waals surface area (Å²) in [5, 5.41) is 13.6. The molecule has 0 fully saturated rings. The summed E-state index contributed by atoms with van der Waals surface area (Å²) in [6.45, 7) is 4.01. The van der Waals surface area contributed by atoms with Gasteiger partial charge in [0.25, 0.3) is 0 Å². The van der Waals surface area contributed by atoms with Gasteiger partial charge in [0.15, 0.2) is 5.82 Å². The summed E-state index contributed by atoms with van der Waals surface area (Å²) in [5.74, 6) is 0.862. The number of benzene rings is 1. The van der Waals surface area contributed by atoms with E-state index in [-0.39, 0.29) is 0 Å². The molecule has 1 atom stereocenters. The van der Waals surface area contributed by atoms with Crippen LogP contribution in [0.3, 0.4) is 0 Å². The van der Waals surface area contributed by atoms with E-state index in [1.165, 1.54) is 11.3 Å². The summed E-state index contributed by atoms with van der Waals surface area (Å²) < 4.78 is 1.79. The van der Waals surface area contributed by atoms with Crippen molar-refractivity contribution in [3.63, 3.8) is 0 Å². The quantitative estimate of drug-likeness (QED) is 0.792. The first-order valence-electron chi connectivity index (χ1n) is 6.19. The summed E-state index contributed by atoms with van der Waals surface area (Å²) in [7, 11) is 0. The fourth-order valence-corrected chi connectivity index (χ4v) is 2.94. The molecule has 1 aromatic carbocycles. The third kappa shape index (κ3) is 1.93. The highest BCUT2D eigenvalue weighted by Crippen LogP contribution is 2.29. The van der Waals surface area contributed by atoms with Crippen molar-refractivity contribution in [1.29, 1.82) is 0 Å². The number of rotatable bonds is 3. The second-order valence-electron chi connectivity index (χ2n) is 4.64. The Kier molecular flexibility index (Phi) is 2.83. The van der Waals surface area contributed by atoms with Gasteiger partial charge < -0.3 is 5.73 Å². The average molecular weight is 273 g/mol. The molecule has 0 saturated carbocycles. The largest absolute Gasteiger partial charge is 0.316 e. The van der Waals surface area contributed by atoms with Gasteiger partial charge in [-0.1, -0.05) is 48.6 Å². The molecule has 0 radical (unpaired) electrons. The minimum atomic E-state index is -0.613. The number of nitrogens with zero attached hydrogens (tertiary/aromatic N) is 4. The van der Waals surface area contributed by atoms with Crippen LogP contribution in [0.2, 0.25) is 0 Å². The first-order chi connectivity index (χ1) is 9.13. The number of hydrogen-bond acceptors (Lipinski definition) is 5. The SMILES string of the molecule is CCc1nnc2sc(C(C)(N)c3ccccc3)nn12. The van der Waals surface area contributed by atoms with E-state index in [9.17, 15) is 0 Å². The van der Waals surface area contributed by atoms with Crippen LogP contribution in [-0.2, 0) is 12.0 Å². The fraction of sp³-hybridized carbons (Fsp3) is 0.308. The Morgan fingerprint density at radius 2 is 2.00 bits per heavy atom. The van der Waals surface area contributed by atoms with Crippen LogP contribution in [0.1, 0.15) is 30.2 Å². The number of nitrogens with two attached hydrogens (primary N) is 1. The van der Waals surface area contributed by atoms with Gasteiger partial charge in [-0.3, -0.25) is 0 Å². The maximum absolute atomic E-state index is 6.46. The van der Waals surface area contributed by atoms with Gasteiger partial charge in [0.05, 0.1) is 5.54 Å². The van der Waals surface area contributed by atoms with E-state index in [0.717, 1.165) is 27.8 Å². The molecule has 0 aliphatic carbocycles. The molecular formula is C13H15N5S. The van der Waals surface area contributed by atoms with Gasteiger partial charge in [0.2, 0.25) is 4.96 Å². The van der Waals surface area contributed by atoms with Gasteiger partial charge in [0, 0.05) is 6.42 Å². The first kappa shape index (κ1) is 12.3. The Labute approximate surface area is 115 Å². The van der Waals surface area contributed by atoms with Crippen molar-refractivity contribution in [2.24, 2.45) is 5.73 Å². The average Bonchev–Trinajstić information content (AvgIpc) is 2.99. The molecule has 0 saturated heterocycles. The summed E-state index contributed by atoms with van der Waals surface area (Å²) in [6.07, 6.45) is 0.803. The van der Waals surface area contributed by atoms with Crippen molar-refractivity contribution in [2.45, 2.75) is 25.8 Å². The number of aromatic nitrogens is 4. The van der Waals surface area contributed by atoms with Gasteiger partial charge in [-0.05, 0) is 12.5 Å². The molecule has 2 aromatic heterocycles. The smallest absolute Gasteiger partial charge is 0.234 e. The molecule has 2 N–H and O–H groups in total. The van der Waals surface area contributed by atoms with Crippen LogP contribution >= 0.6 is 11.3 Å². The number of hydrogen-bond donors (Lipinski definition) is 1. The predicted octanol–water partition coefficient (Wildman–Crippen LogP) is 1.97. The number of fused-ring (bicyclic) bond motifs is 1. The molecule has 5 nitrogen and oxygen atoms in total. The molecule has 3 aromatic rings. The third-order valence-corrected chi connectivity index (χ3v) is 4.33. The van der Waals surface area contributed by atoms with E-state index in [1.807, 2.05) is 44.2 Å². The maximum Gasteiger partial charge on any atom is 0.234 e. The molecule has 0 amide bonds. The second-order valence-corrected chi connectivity index (χ2v) is 5.60. The van der Waals surface area contributed by atoms with Crippen molar-refractivity contribution in [1.82, 2.24) is 19.8 Å². The Morgan fingerprint density at radius 3 is 2.68 bits per heavy atom. The minimum absolute atomic E-state index is 0.613. The van der Waals surface area contributed by atoms with Crippen LogP contribution in [0.15, 0.2) is 30.3 Å². The summed E-state index contributed by atoms with van der Waals surface area (Å²) in [5.41, 5.74) is 6.89. The zero-order chi connectivity index (χ0) is 13.5. The standard InChI is InChI=1S/C13H15N5S/c1-3-10-15-16-12-18(10)17-11(19-12)13(2,14)9-7-5-4-6-8-9/h4-8H,3,14H2,1-2H3. The molecule has 98 valence electrons. The van der Waals surface area contributed by atoms with Gasteiger partial charge in [-0.2, -0.15) is 9.61 Å². The highest BCUT2D eigenvalue weighted by Gasteiger charge is 2.28. The highest BCUT2D eigenvalue weighted by molar-refractivity contribution is 7.16. The molecular weight excluding hydrogens is 258 g/mol. The Balaban J connectivity index is 2.10. The van der Waals surface area contributed by atoms with Crippen molar-refractivity contribution >= 4 is 16.3 Å². The van der Waals surface area contributed by atoms with E-state index in [4.69, 9.17) is 5.73 Å². The lowest BCUT2D eigenvalue weighted by molar-refractivity contribution is 0.583. The summed E-state index contributed by atoms with van der Waals surface area (Å²) in [4.78, 5) is 0.791. The topological polar surface area (TPSA) is 69.1 Å². The van der Waals surface area contributed by atoms with Crippen LogP contribution in [0.4, 0.5) is 0 Å². The normalized spacial score (nSPS) is 14.7. The molecule has 0 spiro atoms. The summed E-state index contributed by atoms with van der Waals surface area (Å²) >= 11 is 1.49. The van der Waals surface area contributed by atoms with Gasteiger partial charge in [0.1, 0.15) is 5.01 Å². The zero-order valence-electron chi connectivity index (χ0n) is 10.9. The third-order valence-electron chi connectivity index (χ3n) is 3.19. The van der Waals surface area contributed by atoms with Crippen LogP contribution in [-0.4, -0.2) is 19.8 Å². The lowest BCUT2D eigenvalue weighted by Gasteiger charge is -2.21. The second kappa shape index (κ2) is 4.40. The van der Waals surface area contributed by atoms with Crippen molar-refractivity contribution in [3.8, 4) is 0 Å². The molecule has 3 rings (SSSR count). The number of aryl methyl sites for hydroxylation is 1. The maximum atomic E-state index is 6.46. The van der Waals surface area contributed by atoms with E-state index in [2.05, 4.69) is 15.3 Å². The fourth-order valence-electron chi connectivity index (χ4n) is 2.00. The Morgan fingerprint density at radius 1 is 1.26 bits per heavy atom. The molecule has 6 heteroatoms. The van der Waals surface area contributed by atoms with E-state index in [1.54, 1.807) is 4.52 Å². The van der Waals surface area contributed by atoms with Crippen molar-refractivity contribution < 1.29 is 0 Å². The van der Waals surface area contributed by atoms with E-state index < -0.39 is 5.54 Å². The molecule has 2 heterocycles. The predicted molar refractivity (Wildman–Crippen MR) is 75.1 cm³/mol. The van der Waals surface area contributed by atoms with Gasteiger partial charge >= 0.3 is 0 Å². The molecule has 1 unspecified atom stereocenters. The lowest BCUT2D eigenvalue weighted by Crippen LogP contribution is -2.34. The Hall–Kier alpha value is -1.79. The molecule has 19 heavy (non-hydrogen) atoms. The monoisotopic (exact) mass is 273 g/mol. The van der Waals surface area contributed by atoms with Crippen LogP contribution < -0.4 is 5.73 Å². The van der Waals surface area contributed by atoms with Gasteiger partial charge in [-0.25, -0.2) is 0 Å². The van der Waals surface area contributed by atoms with Crippen LogP contribution in [0.5, 0.6) is 0 Å². The van der Waals surface area contributed by atoms with Crippen molar-refractivity contribution in [2.75, 3.05) is 0 Å². The molecule has 0 aliphatic heterocycles. The van der Waals surface area contributed by atoms with Crippen LogP contribution in [0, 0.1) is 0 Å².